The molecule has 0 atom stereocenters. The van der Waals surface area contributed by atoms with Gasteiger partial charge in [0.05, 0.1) is 0 Å². The minimum Gasteiger partial charge on any atom is -0.162 e. The summed E-state index contributed by atoms with van der Waals surface area (Å²) in [6.07, 6.45) is 3.30. The lowest BCUT2D eigenvalue weighted by molar-refractivity contribution is 0.342. The zero-order chi connectivity index (χ0) is 13.3. The molecular formula is C15H22Cl2S. The highest BCUT2D eigenvalue weighted by Crippen LogP contribution is 2.32. The van der Waals surface area contributed by atoms with Gasteiger partial charge in [-0.1, -0.05) is 37.3 Å². The Morgan fingerprint density at radius 1 is 1.11 bits per heavy atom. The van der Waals surface area contributed by atoms with Crippen LogP contribution in [-0.2, 0) is 6.42 Å². The summed E-state index contributed by atoms with van der Waals surface area (Å²) in [5.41, 5.74) is 1.39. The van der Waals surface area contributed by atoms with Gasteiger partial charge in [0.2, 0.25) is 0 Å². The van der Waals surface area contributed by atoms with Crippen molar-refractivity contribution in [3.05, 3.63) is 35.9 Å². The fourth-order valence-corrected chi connectivity index (χ4v) is 3.45. The molecule has 102 valence electrons. The summed E-state index contributed by atoms with van der Waals surface area (Å²) in [5, 5.41) is 0. The van der Waals surface area contributed by atoms with Crippen molar-refractivity contribution in [3.8, 4) is 0 Å². The van der Waals surface area contributed by atoms with Gasteiger partial charge in [-0.25, -0.2) is 0 Å². The highest BCUT2D eigenvalue weighted by molar-refractivity contribution is 7.99. The van der Waals surface area contributed by atoms with Crippen molar-refractivity contribution >= 4 is 35.0 Å². The molecule has 0 aliphatic carbocycles. The summed E-state index contributed by atoms with van der Waals surface area (Å²) in [4.78, 5) is 0. The van der Waals surface area contributed by atoms with E-state index in [1.54, 1.807) is 0 Å². The zero-order valence-corrected chi connectivity index (χ0v) is 13.3. The van der Waals surface area contributed by atoms with E-state index in [1.165, 1.54) is 23.5 Å². The molecule has 0 N–H and O–H groups in total. The van der Waals surface area contributed by atoms with Crippen molar-refractivity contribution in [1.29, 1.82) is 0 Å². The molecule has 0 bridgehead atoms. The molecule has 1 aromatic rings. The highest BCUT2D eigenvalue weighted by Gasteiger charge is 2.28. The van der Waals surface area contributed by atoms with Crippen LogP contribution in [0.3, 0.4) is 0 Å². The largest absolute Gasteiger partial charge is 0.162 e. The Balaban J connectivity index is 2.56. The molecule has 0 spiro atoms. The van der Waals surface area contributed by atoms with Gasteiger partial charge in [-0.05, 0) is 36.3 Å². The number of hydrogen-bond acceptors (Lipinski definition) is 1. The fourth-order valence-electron chi connectivity index (χ4n) is 2.07. The third kappa shape index (κ3) is 5.42. The number of benzene rings is 1. The third-order valence-electron chi connectivity index (χ3n) is 3.19. The average Bonchev–Trinajstić information content (AvgIpc) is 2.43. The van der Waals surface area contributed by atoms with Gasteiger partial charge in [0.1, 0.15) is 0 Å². The molecule has 0 unspecified atom stereocenters. The first-order valence-electron chi connectivity index (χ1n) is 6.50. The summed E-state index contributed by atoms with van der Waals surface area (Å²) in [5.74, 6) is 3.68. The van der Waals surface area contributed by atoms with Crippen molar-refractivity contribution in [2.45, 2.75) is 26.2 Å². The van der Waals surface area contributed by atoms with Crippen LogP contribution in [0.15, 0.2) is 30.3 Å². The standard InChI is InChI=1S/C15H22Cl2S/c1-2-18-10-6-9-15(12-16,13-17)11-14-7-4-3-5-8-14/h3-5,7-8H,2,6,9-13H2,1H3. The topological polar surface area (TPSA) is 0 Å². The molecule has 1 aromatic carbocycles. The Morgan fingerprint density at radius 2 is 1.78 bits per heavy atom. The summed E-state index contributed by atoms with van der Waals surface area (Å²) in [7, 11) is 0. The number of alkyl halides is 2. The van der Waals surface area contributed by atoms with E-state index in [1.807, 2.05) is 17.8 Å². The monoisotopic (exact) mass is 304 g/mol. The van der Waals surface area contributed by atoms with Crippen LogP contribution in [0, 0.1) is 5.41 Å². The van der Waals surface area contributed by atoms with Gasteiger partial charge in [-0.15, -0.1) is 23.2 Å². The number of rotatable bonds is 9. The molecule has 18 heavy (non-hydrogen) atoms. The van der Waals surface area contributed by atoms with E-state index < -0.39 is 0 Å². The van der Waals surface area contributed by atoms with Crippen molar-refractivity contribution in [1.82, 2.24) is 0 Å². The van der Waals surface area contributed by atoms with Crippen LogP contribution in [0.4, 0.5) is 0 Å². The number of hydrogen-bond donors (Lipinski definition) is 0. The maximum Gasteiger partial charge on any atom is 0.0294 e. The second-order valence-electron chi connectivity index (χ2n) is 4.73. The first-order chi connectivity index (χ1) is 8.76. The molecule has 0 nitrogen and oxygen atoms in total. The molecule has 0 saturated carbocycles. The Hall–Kier alpha value is 0.150. The van der Waals surface area contributed by atoms with Gasteiger partial charge in [0.15, 0.2) is 0 Å². The predicted molar refractivity (Wildman–Crippen MR) is 86.3 cm³/mol. The third-order valence-corrected chi connectivity index (χ3v) is 5.31. The van der Waals surface area contributed by atoms with E-state index in [0.29, 0.717) is 11.8 Å². The van der Waals surface area contributed by atoms with Crippen molar-refractivity contribution in [2.75, 3.05) is 23.3 Å². The highest BCUT2D eigenvalue weighted by atomic mass is 35.5. The molecule has 0 aliphatic rings. The van der Waals surface area contributed by atoms with E-state index in [4.69, 9.17) is 23.2 Å². The lowest BCUT2D eigenvalue weighted by Crippen LogP contribution is -2.28. The van der Waals surface area contributed by atoms with Gasteiger partial charge in [0, 0.05) is 17.2 Å². The molecular weight excluding hydrogens is 283 g/mol. The minimum absolute atomic E-state index is 0.0543. The molecule has 0 amide bonds. The molecule has 0 aliphatic heterocycles. The summed E-state index contributed by atoms with van der Waals surface area (Å²) in [6.45, 7) is 2.20. The molecule has 0 heterocycles. The molecule has 0 radical (unpaired) electrons. The fraction of sp³-hybridized carbons (Fsp3) is 0.600. The normalized spacial score (nSPS) is 11.7. The second kappa shape index (κ2) is 9.12. The van der Waals surface area contributed by atoms with Crippen LogP contribution in [0.2, 0.25) is 0 Å². The van der Waals surface area contributed by atoms with Crippen LogP contribution >= 0.6 is 35.0 Å². The van der Waals surface area contributed by atoms with Crippen molar-refractivity contribution < 1.29 is 0 Å². The molecule has 0 fully saturated rings. The van der Waals surface area contributed by atoms with Crippen LogP contribution in [0.1, 0.15) is 25.3 Å². The smallest absolute Gasteiger partial charge is 0.0294 e. The summed E-state index contributed by atoms with van der Waals surface area (Å²) in [6, 6.07) is 10.5. The van der Waals surface area contributed by atoms with Crippen LogP contribution in [0.25, 0.3) is 0 Å². The first-order valence-corrected chi connectivity index (χ1v) is 8.72. The number of halogens is 2. The van der Waals surface area contributed by atoms with Crippen LogP contribution in [-0.4, -0.2) is 23.3 Å². The van der Waals surface area contributed by atoms with Crippen molar-refractivity contribution in [3.63, 3.8) is 0 Å². The Kier molecular flexibility index (Phi) is 8.21. The number of thioether (sulfide) groups is 1. The molecule has 1 rings (SSSR count). The Labute approximate surface area is 125 Å². The maximum absolute atomic E-state index is 6.20. The zero-order valence-electron chi connectivity index (χ0n) is 11.0. The second-order valence-corrected chi connectivity index (χ2v) is 6.66. The SMILES string of the molecule is CCSCCCC(CCl)(CCl)Cc1ccccc1. The maximum atomic E-state index is 6.20. The molecule has 3 heteroatoms. The van der Waals surface area contributed by atoms with Gasteiger partial charge < -0.3 is 0 Å². The predicted octanol–water partition coefficient (Wildman–Crippen LogP) is 5.23. The van der Waals surface area contributed by atoms with E-state index in [0.717, 1.165) is 12.8 Å². The Morgan fingerprint density at radius 3 is 2.33 bits per heavy atom. The molecule has 0 aromatic heterocycles. The van der Waals surface area contributed by atoms with E-state index in [2.05, 4.69) is 31.2 Å². The lowest BCUT2D eigenvalue weighted by Gasteiger charge is -2.29. The first kappa shape index (κ1) is 16.2. The minimum atomic E-state index is 0.0543. The van der Waals surface area contributed by atoms with E-state index in [-0.39, 0.29) is 5.41 Å². The van der Waals surface area contributed by atoms with Crippen LogP contribution in [0.5, 0.6) is 0 Å². The lowest BCUT2D eigenvalue weighted by atomic mass is 9.81. The van der Waals surface area contributed by atoms with Gasteiger partial charge in [0.25, 0.3) is 0 Å². The van der Waals surface area contributed by atoms with E-state index in [9.17, 15) is 0 Å². The van der Waals surface area contributed by atoms with Gasteiger partial charge in [-0.2, -0.15) is 11.8 Å². The van der Waals surface area contributed by atoms with E-state index >= 15 is 0 Å². The Bertz CT molecular complexity index is 310. The van der Waals surface area contributed by atoms with Crippen LogP contribution < -0.4 is 0 Å². The van der Waals surface area contributed by atoms with Gasteiger partial charge in [-0.3, -0.25) is 0 Å². The summed E-state index contributed by atoms with van der Waals surface area (Å²) >= 11 is 14.4. The summed E-state index contributed by atoms with van der Waals surface area (Å²) < 4.78 is 0. The van der Waals surface area contributed by atoms with Gasteiger partial charge >= 0.3 is 0 Å². The quantitative estimate of drug-likeness (QED) is 0.445. The average molecular weight is 305 g/mol. The van der Waals surface area contributed by atoms with Crippen molar-refractivity contribution in [2.24, 2.45) is 5.41 Å². The molecule has 0 saturated heterocycles.